The van der Waals surface area contributed by atoms with Gasteiger partial charge in [0.25, 0.3) is 0 Å². The first kappa shape index (κ1) is 83.5. The lowest BCUT2D eigenvalue weighted by atomic mass is 9.96. The van der Waals surface area contributed by atoms with E-state index in [9.17, 15) is 72.9 Å². The van der Waals surface area contributed by atoms with Gasteiger partial charge in [-0.3, -0.25) is 62.7 Å². The van der Waals surface area contributed by atoms with Gasteiger partial charge in [0, 0.05) is 26.1 Å². The number of aromatic hydroxyl groups is 1. The molecule has 1 fully saturated rings. The van der Waals surface area contributed by atoms with Gasteiger partial charge in [-0.15, -0.1) is 0 Å². The standard InChI is InChI=1S/C65H105N19O15/c1-5-38(4)53(61(96)79-45(21-14-30-74-65(71)72)62(97)84-31-15-22-50(84)60(95)80-46(63(98)99)19-10-12-28-67)83-57(92)44(20-13-29-73-64(69)70)77-56(91)43(18-9-11-27-66)78-58(93)47(32-37(2)3)82-59(94)48(34-39-16-7-6-8-17-39)76-51(86)36-75-55(90)49(35-52(87)88)81-54(89)42(68)33-40-23-25-41(85)26-24-40/h6-8,16-17,23-26,37-38,42-50,53,85H,5,9-15,18-22,27-36,66-68H2,1-4H3,(H,75,90)(H,76,86)(H,77,91)(H,78,93)(H,79,96)(H,80,95)(H,81,89)(H,82,94)(H,83,92)(H,87,88)(H,98,99)(H4,69,70,73)(H4,71,72,74)/t38-,42-,43-,44-,45-,46-,47-,48-,49+,50-,53-/m0/s1. The summed E-state index contributed by atoms with van der Waals surface area (Å²) in [6, 6.07) is 0.814. The molecule has 34 heteroatoms. The topological polar surface area (TPSA) is 584 Å². The fourth-order valence-corrected chi connectivity index (χ4v) is 10.8. The molecule has 0 saturated carbocycles. The molecule has 99 heavy (non-hydrogen) atoms. The van der Waals surface area contributed by atoms with E-state index in [0.717, 1.165) is 0 Å². The fourth-order valence-electron chi connectivity index (χ4n) is 10.8. The summed E-state index contributed by atoms with van der Waals surface area (Å²) in [5, 5.41) is 52.6. The number of aliphatic imine (C=N–C) groups is 2. The molecule has 2 aromatic carbocycles. The van der Waals surface area contributed by atoms with Gasteiger partial charge in [-0.2, -0.15) is 0 Å². The summed E-state index contributed by atoms with van der Waals surface area (Å²) in [7, 11) is 0. The molecule has 3 rings (SSSR count). The van der Waals surface area contributed by atoms with E-state index in [1.54, 1.807) is 58.0 Å². The Bertz CT molecular complexity index is 3040. The van der Waals surface area contributed by atoms with Crippen molar-refractivity contribution in [2.45, 2.75) is 197 Å². The SMILES string of the molecule is CC[C@H](C)[C@H](NC(=O)[C@H](CCCN=C(N)N)NC(=O)[C@H](CCCCN)NC(=O)[C@H](CC(C)C)NC(=O)[C@H](Cc1ccccc1)NC(=O)CNC(=O)[C@@H](CC(=O)O)NC(=O)[C@@H](N)Cc1ccc(O)cc1)C(=O)N[C@@H](CCCN=C(N)N)C(=O)N1CCC[C@H]1C(=O)N[C@@H](CCCCN)C(=O)O. The zero-order chi connectivity index (χ0) is 73.7. The zero-order valence-corrected chi connectivity index (χ0v) is 57.0. The van der Waals surface area contributed by atoms with Crippen LogP contribution in [-0.4, -0.2) is 203 Å². The number of rotatable bonds is 46. The van der Waals surface area contributed by atoms with E-state index in [2.05, 4.69) is 57.8 Å². The van der Waals surface area contributed by atoms with Crippen molar-refractivity contribution < 1.29 is 72.9 Å². The molecule has 2 aromatic rings. The third-order valence-electron chi connectivity index (χ3n) is 16.3. The van der Waals surface area contributed by atoms with Gasteiger partial charge in [0.2, 0.25) is 59.1 Å². The van der Waals surface area contributed by atoms with Crippen molar-refractivity contribution in [2.75, 3.05) is 39.3 Å². The summed E-state index contributed by atoms with van der Waals surface area (Å²) in [4.78, 5) is 175. The van der Waals surface area contributed by atoms with Gasteiger partial charge >= 0.3 is 11.9 Å². The van der Waals surface area contributed by atoms with Crippen LogP contribution in [0.2, 0.25) is 0 Å². The number of amides is 10. The minimum atomic E-state index is -1.69. The Kier molecular flexibility index (Phi) is 37.3. The Morgan fingerprint density at radius 3 is 1.61 bits per heavy atom. The van der Waals surface area contributed by atoms with Crippen LogP contribution in [0.3, 0.4) is 0 Å². The highest BCUT2D eigenvalue weighted by molar-refractivity contribution is 5.99. The summed E-state index contributed by atoms with van der Waals surface area (Å²) in [6.45, 7) is 6.87. The zero-order valence-electron chi connectivity index (χ0n) is 57.0. The Labute approximate surface area is 576 Å². The van der Waals surface area contributed by atoms with Crippen molar-refractivity contribution in [3.63, 3.8) is 0 Å². The van der Waals surface area contributed by atoms with Crippen molar-refractivity contribution in [3.8, 4) is 5.75 Å². The number of phenolic OH excluding ortho intramolecular Hbond substituents is 1. The molecule has 1 saturated heterocycles. The lowest BCUT2D eigenvalue weighted by Crippen LogP contribution is -2.61. The molecule has 0 radical (unpaired) electrons. The summed E-state index contributed by atoms with van der Waals surface area (Å²) >= 11 is 0. The number of carboxylic acid groups (broad SMARTS) is 2. The Hall–Kier alpha value is -9.70. The van der Waals surface area contributed by atoms with E-state index < -0.39 is 150 Å². The summed E-state index contributed by atoms with van der Waals surface area (Å²) in [5.74, 6) is -12.5. The first-order valence-electron chi connectivity index (χ1n) is 33.5. The maximum absolute atomic E-state index is 14.7. The van der Waals surface area contributed by atoms with Crippen molar-refractivity contribution in [1.29, 1.82) is 0 Å². The van der Waals surface area contributed by atoms with Gasteiger partial charge in [0.05, 0.1) is 19.0 Å². The van der Waals surface area contributed by atoms with Crippen LogP contribution in [-0.2, 0) is 70.4 Å². The number of guanidine groups is 2. The molecule has 0 aromatic heterocycles. The van der Waals surface area contributed by atoms with Crippen LogP contribution in [0.15, 0.2) is 64.6 Å². The fraction of sp³-hybridized carbons (Fsp3) is 0.600. The quantitative estimate of drug-likeness (QED) is 0.0174. The normalized spacial score (nSPS) is 15.6. The smallest absolute Gasteiger partial charge is 0.326 e. The van der Waals surface area contributed by atoms with E-state index in [0.29, 0.717) is 56.2 Å². The summed E-state index contributed by atoms with van der Waals surface area (Å²) in [6.07, 6.45) is 1.70. The second-order valence-electron chi connectivity index (χ2n) is 25.0. The Morgan fingerprint density at radius 1 is 0.556 bits per heavy atom. The Balaban J connectivity index is 1.92. The van der Waals surface area contributed by atoms with Gasteiger partial charge in [-0.25, -0.2) is 4.79 Å². The molecule has 10 amide bonds. The number of nitrogens with one attached hydrogen (secondary N) is 9. The number of unbranched alkanes of at least 4 members (excludes halogenated alkanes) is 2. The first-order valence-corrected chi connectivity index (χ1v) is 33.5. The maximum Gasteiger partial charge on any atom is 0.326 e. The number of hydrogen-bond acceptors (Lipinski definition) is 18. The predicted molar refractivity (Wildman–Crippen MR) is 368 cm³/mol. The molecule has 0 spiro atoms. The first-order chi connectivity index (χ1) is 47.0. The van der Waals surface area contributed by atoms with Crippen LogP contribution in [0.4, 0.5) is 0 Å². The molecule has 26 N–H and O–H groups in total. The lowest BCUT2D eigenvalue weighted by Gasteiger charge is -2.32. The van der Waals surface area contributed by atoms with Crippen LogP contribution >= 0.6 is 0 Å². The third kappa shape index (κ3) is 31.1. The number of benzene rings is 2. The van der Waals surface area contributed by atoms with Gasteiger partial charge in [0.1, 0.15) is 60.1 Å². The van der Waals surface area contributed by atoms with Crippen molar-refractivity contribution in [2.24, 2.45) is 62.0 Å². The number of carboxylic acids is 2. The van der Waals surface area contributed by atoms with E-state index in [-0.39, 0.29) is 114 Å². The number of carbonyl (C=O) groups excluding carboxylic acids is 10. The maximum atomic E-state index is 14.7. The second kappa shape index (κ2) is 44.3. The largest absolute Gasteiger partial charge is 0.508 e. The summed E-state index contributed by atoms with van der Waals surface area (Å²) < 4.78 is 0. The van der Waals surface area contributed by atoms with E-state index >= 15 is 0 Å². The molecule has 0 aliphatic carbocycles. The molecule has 0 unspecified atom stereocenters. The summed E-state index contributed by atoms with van der Waals surface area (Å²) in [5.41, 5.74) is 41.0. The van der Waals surface area contributed by atoms with E-state index in [4.69, 9.17) is 40.1 Å². The minimum absolute atomic E-state index is 0.000785. The molecular formula is C65H105N19O15. The van der Waals surface area contributed by atoms with Crippen molar-refractivity contribution >= 4 is 82.9 Å². The highest BCUT2D eigenvalue weighted by Crippen LogP contribution is 2.22. The third-order valence-corrected chi connectivity index (χ3v) is 16.3. The number of likely N-dealkylation sites (tertiary alicyclic amines) is 1. The molecule has 34 nitrogen and oxygen atoms in total. The Morgan fingerprint density at radius 2 is 1.06 bits per heavy atom. The number of nitrogens with zero attached hydrogens (tertiary/aromatic N) is 3. The number of carbonyl (C=O) groups is 12. The minimum Gasteiger partial charge on any atom is -0.508 e. The number of hydrogen-bond donors (Lipinski definition) is 19. The highest BCUT2D eigenvalue weighted by Gasteiger charge is 2.41. The van der Waals surface area contributed by atoms with E-state index in [1.165, 1.54) is 29.2 Å². The monoisotopic (exact) mass is 1390 g/mol. The highest BCUT2D eigenvalue weighted by atomic mass is 16.4. The molecular weight excluding hydrogens is 1290 g/mol. The number of phenols is 1. The molecule has 1 heterocycles. The van der Waals surface area contributed by atoms with Crippen LogP contribution in [0.1, 0.15) is 135 Å². The molecule has 1 aliphatic heterocycles. The second-order valence-corrected chi connectivity index (χ2v) is 25.0. The average molecular weight is 1390 g/mol. The molecule has 550 valence electrons. The van der Waals surface area contributed by atoms with Gasteiger partial charge in [-0.1, -0.05) is 76.6 Å². The predicted octanol–water partition coefficient (Wildman–Crippen LogP) is -3.49. The van der Waals surface area contributed by atoms with Gasteiger partial charge < -0.3 is 108 Å². The van der Waals surface area contributed by atoms with E-state index in [1.807, 2.05) is 0 Å². The number of nitrogens with two attached hydrogens (primary N) is 7. The van der Waals surface area contributed by atoms with Gasteiger partial charge in [0.15, 0.2) is 11.9 Å². The molecule has 1 aliphatic rings. The van der Waals surface area contributed by atoms with Crippen molar-refractivity contribution in [1.82, 2.24) is 52.8 Å². The van der Waals surface area contributed by atoms with Crippen LogP contribution < -0.4 is 88.0 Å². The molecule has 0 bridgehead atoms. The van der Waals surface area contributed by atoms with Crippen LogP contribution in [0.5, 0.6) is 5.75 Å². The number of aliphatic carboxylic acids is 2. The van der Waals surface area contributed by atoms with Crippen LogP contribution in [0, 0.1) is 11.8 Å². The lowest BCUT2D eigenvalue weighted by molar-refractivity contribution is -0.145. The van der Waals surface area contributed by atoms with Crippen LogP contribution in [0.25, 0.3) is 0 Å². The van der Waals surface area contributed by atoms with Gasteiger partial charge in [-0.05, 0) is 138 Å². The molecule has 11 atom stereocenters. The average Bonchev–Trinajstić information content (AvgIpc) is 1.77. The van der Waals surface area contributed by atoms with Crippen molar-refractivity contribution in [3.05, 3.63) is 65.7 Å².